The van der Waals surface area contributed by atoms with Crippen molar-refractivity contribution in [1.29, 1.82) is 0 Å². The molecular formula is C16H12ClN3O3S. The van der Waals surface area contributed by atoms with E-state index in [1.54, 1.807) is 48.5 Å². The van der Waals surface area contributed by atoms with Crippen molar-refractivity contribution < 1.29 is 13.0 Å². The summed E-state index contributed by atoms with van der Waals surface area (Å²) in [5.74, 6) is 0. The Morgan fingerprint density at radius 2 is 1.58 bits per heavy atom. The molecule has 6 nitrogen and oxygen atoms in total. The van der Waals surface area contributed by atoms with Gasteiger partial charge in [0.2, 0.25) is 0 Å². The van der Waals surface area contributed by atoms with Crippen LogP contribution in [-0.2, 0) is 10.1 Å². The minimum Gasteiger partial charge on any atom is -0.396 e. The van der Waals surface area contributed by atoms with E-state index in [2.05, 4.69) is 10.2 Å². The van der Waals surface area contributed by atoms with Gasteiger partial charge in [0.15, 0.2) is 0 Å². The Morgan fingerprint density at radius 3 is 2.21 bits per heavy atom. The van der Waals surface area contributed by atoms with Gasteiger partial charge in [0.25, 0.3) is 10.1 Å². The fourth-order valence-corrected chi connectivity index (χ4v) is 3.11. The fourth-order valence-electron chi connectivity index (χ4n) is 2.27. The Kier molecular flexibility index (Phi) is 4.23. The van der Waals surface area contributed by atoms with Gasteiger partial charge in [-0.15, -0.1) is 5.11 Å². The number of nitrogens with zero attached hydrogens (tertiary/aromatic N) is 2. The van der Waals surface area contributed by atoms with Crippen molar-refractivity contribution in [2.24, 2.45) is 10.2 Å². The molecule has 3 aromatic rings. The van der Waals surface area contributed by atoms with Crippen molar-refractivity contribution in [1.82, 2.24) is 0 Å². The van der Waals surface area contributed by atoms with E-state index in [0.717, 1.165) is 0 Å². The molecule has 3 aromatic carbocycles. The molecule has 24 heavy (non-hydrogen) atoms. The lowest BCUT2D eigenvalue weighted by molar-refractivity contribution is 0.484. The largest absolute Gasteiger partial charge is 0.396 e. The average Bonchev–Trinajstić information content (AvgIpc) is 2.55. The second-order valence-electron chi connectivity index (χ2n) is 5.00. The summed E-state index contributed by atoms with van der Waals surface area (Å²) in [6, 6.07) is 14.4. The molecule has 0 aliphatic carbocycles. The number of nitrogens with two attached hydrogens (primary N) is 1. The van der Waals surface area contributed by atoms with Crippen molar-refractivity contribution in [2.45, 2.75) is 4.90 Å². The van der Waals surface area contributed by atoms with Gasteiger partial charge >= 0.3 is 0 Å². The lowest BCUT2D eigenvalue weighted by Gasteiger charge is -2.09. The van der Waals surface area contributed by atoms with Crippen molar-refractivity contribution >= 4 is 49.6 Å². The van der Waals surface area contributed by atoms with Gasteiger partial charge in [-0.05, 0) is 30.3 Å². The van der Waals surface area contributed by atoms with Crippen LogP contribution in [0.15, 0.2) is 69.7 Å². The lowest BCUT2D eigenvalue weighted by Crippen LogP contribution is -2.01. The highest BCUT2D eigenvalue weighted by molar-refractivity contribution is 7.86. The second kappa shape index (κ2) is 6.20. The summed E-state index contributed by atoms with van der Waals surface area (Å²) in [6.07, 6.45) is 0. The van der Waals surface area contributed by atoms with Crippen LogP contribution in [-0.4, -0.2) is 13.0 Å². The number of halogens is 1. The molecule has 3 N–H and O–H groups in total. The van der Waals surface area contributed by atoms with Crippen LogP contribution in [0.3, 0.4) is 0 Å². The van der Waals surface area contributed by atoms with Crippen LogP contribution in [0.4, 0.5) is 17.1 Å². The Hall–Kier alpha value is -2.48. The average molecular weight is 362 g/mol. The van der Waals surface area contributed by atoms with E-state index in [9.17, 15) is 13.0 Å². The summed E-state index contributed by atoms with van der Waals surface area (Å²) < 4.78 is 32.8. The Morgan fingerprint density at radius 1 is 0.958 bits per heavy atom. The third-order valence-electron chi connectivity index (χ3n) is 3.40. The molecule has 0 fully saturated rings. The van der Waals surface area contributed by atoms with Crippen molar-refractivity contribution in [2.75, 3.05) is 5.73 Å². The fraction of sp³-hybridized carbons (Fsp3) is 0. The lowest BCUT2D eigenvalue weighted by atomic mass is 10.1. The quantitative estimate of drug-likeness (QED) is 0.399. The van der Waals surface area contributed by atoms with Gasteiger partial charge in [0.1, 0.15) is 10.6 Å². The predicted molar refractivity (Wildman–Crippen MR) is 93.8 cm³/mol. The molecule has 0 saturated heterocycles. The Labute approximate surface area is 143 Å². The van der Waals surface area contributed by atoms with Crippen LogP contribution in [0.1, 0.15) is 0 Å². The number of benzene rings is 3. The maximum atomic E-state index is 11.6. The van der Waals surface area contributed by atoms with Crippen molar-refractivity contribution in [3.63, 3.8) is 0 Å². The maximum absolute atomic E-state index is 11.6. The molecule has 0 heterocycles. The van der Waals surface area contributed by atoms with E-state index in [0.29, 0.717) is 21.5 Å². The molecule has 0 amide bonds. The monoisotopic (exact) mass is 361 g/mol. The highest BCUT2D eigenvalue weighted by atomic mass is 35.5. The molecule has 122 valence electrons. The highest BCUT2D eigenvalue weighted by Gasteiger charge is 2.18. The first-order chi connectivity index (χ1) is 11.4. The van der Waals surface area contributed by atoms with Crippen LogP contribution in [0.2, 0.25) is 5.02 Å². The number of hydrogen-bond acceptors (Lipinski definition) is 5. The van der Waals surface area contributed by atoms with Crippen LogP contribution in [0.25, 0.3) is 10.8 Å². The third-order valence-corrected chi connectivity index (χ3v) is 4.55. The first kappa shape index (κ1) is 16.4. The van der Waals surface area contributed by atoms with E-state index in [1.807, 2.05) is 0 Å². The summed E-state index contributed by atoms with van der Waals surface area (Å²) in [5, 5.41) is 9.38. The standard InChI is InChI=1S/C16H12ClN3O3S/c17-10-5-7-11(8-6-10)19-20-14-9-15(24(21,22)23)12-3-1-2-4-13(12)16(14)18/h1-9H,18H2,(H,21,22,23)/b20-19+. The Balaban J connectivity index is 2.18. The van der Waals surface area contributed by atoms with E-state index >= 15 is 0 Å². The molecule has 0 aromatic heterocycles. The summed E-state index contributed by atoms with van der Waals surface area (Å²) >= 11 is 5.80. The van der Waals surface area contributed by atoms with Crippen molar-refractivity contribution in [3.05, 3.63) is 59.6 Å². The summed E-state index contributed by atoms with van der Waals surface area (Å²) in [7, 11) is -4.43. The molecule has 0 saturated carbocycles. The smallest absolute Gasteiger partial charge is 0.295 e. The summed E-state index contributed by atoms with van der Waals surface area (Å²) in [6.45, 7) is 0. The molecule has 0 unspecified atom stereocenters. The summed E-state index contributed by atoms with van der Waals surface area (Å²) in [4.78, 5) is -0.266. The molecule has 0 aliphatic heterocycles. The number of anilines is 1. The van der Waals surface area contributed by atoms with Crippen LogP contribution in [0, 0.1) is 0 Å². The zero-order valence-corrected chi connectivity index (χ0v) is 13.8. The molecule has 3 rings (SSSR count). The second-order valence-corrected chi connectivity index (χ2v) is 6.83. The first-order valence-corrected chi connectivity index (χ1v) is 8.64. The van der Waals surface area contributed by atoms with Gasteiger partial charge in [-0.3, -0.25) is 4.55 Å². The molecule has 0 aliphatic rings. The van der Waals surface area contributed by atoms with Crippen LogP contribution < -0.4 is 5.73 Å². The summed E-state index contributed by atoms with van der Waals surface area (Å²) in [5.41, 5.74) is 7.02. The van der Waals surface area contributed by atoms with E-state index < -0.39 is 10.1 Å². The van der Waals surface area contributed by atoms with Crippen LogP contribution >= 0.6 is 11.6 Å². The number of hydrogen-bond donors (Lipinski definition) is 2. The molecule has 0 radical (unpaired) electrons. The molecule has 0 spiro atoms. The SMILES string of the molecule is Nc1c(/N=N/c2ccc(Cl)cc2)cc(S(=O)(=O)O)c2ccccc12. The normalized spacial score (nSPS) is 12.1. The maximum Gasteiger partial charge on any atom is 0.295 e. The first-order valence-electron chi connectivity index (χ1n) is 6.82. The number of fused-ring (bicyclic) bond motifs is 1. The topological polar surface area (TPSA) is 105 Å². The van der Waals surface area contributed by atoms with E-state index in [-0.39, 0.29) is 16.3 Å². The zero-order valence-electron chi connectivity index (χ0n) is 12.2. The van der Waals surface area contributed by atoms with Crippen LogP contribution in [0.5, 0.6) is 0 Å². The minimum absolute atomic E-state index is 0.149. The number of azo groups is 1. The molecular weight excluding hydrogens is 350 g/mol. The third kappa shape index (κ3) is 3.23. The highest BCUT2D eigenvalue weighted by Crippen LogP contribution is 2.36. The van der Waals surface area contributed by atoms with Gasteiger partial charge in [0.05, 0.1) is 11.4 Å². The van der Waals surface area contributed by atoms with E-state index in [4.69, 9.17) is 17.3 Å². The Bertz CT molecular complexity index is 1050. The van der Waals surface area contributed by atoms with Gasteiger partial charge < -0.3 is 5.73 Å². The van der Waals surface area contributed by atoms with Gasteiger partial charge in [0, 0.05) is 15.8 Å². The molecule has 0 atom stereocenters. The predicted octanol–water partition coefficient (Wildman–Crippen LogP) is 4.74. The van der Waals surface area contributed by atoms with E-state index in [1.165, 1.54) is 6.07 Å². The van der Waals surface area contributed by atoms with Gasteiger partial charge in [-0.1, -0.05) is 35.9 Å². The van der Waals surface area contributed by atoms with Crippen molar-refractivity contribution in [3.8, 4) is 0 Å². The van der Waals surface area contributed by atoms with Gasteiger partial charge in [-0.2, -0.15) is 13.5 Å². The molecule has 0 bridgehead atoms. The zero-order chi connectivity index (χ0) is 17.3. The molecule has 8 heteroatoms. The minimum atomic E-state index is -4.43. The number of nitrogen functional groups attached to an aromatic ring is 1. The van der Waals surface area contributed by atoms with Gasteiger partial charge in [-0.25, -0.2) is 0 Å². The number of rotatable bonds is 3.